The van der Waals surface area contributed by atoms with Crippen LogP contribution in [0.3, 0.4) is 0 Å². The first-order valence-corrected chi connectivity index (χ1v) is 8.69. The molecule has 0 atom stereocenters. The van der Waals surface area contributed by atoms with Crippen molar-refractivity contribution in [2.75, 3.05) is 19.5 Å². The second-order valence-electron chi connectivity index (χ2n) is 6.11. The van der Waals surface area contributed by atoms with Gasteiger partial charge in [-0.25, -0.2) is 14.4 Å². The van der Waals surface area contributed by atoms with Crippen LogP contribution in [-0.4, -0.2) is 24.2 Å². The van der Waals surface area contributed by atoms with Crippen LogP contribution in [0, 0.1) is 5.82 Å². The summed E-state index contributed by atoms with van der Waals surface area (Å²) in [6.07, 6.45) is 0. The molecule has 0 aliphatic heterocycles. The van der Waals surface area contributed by atoms with Crippen LogP contribution in [-0.2, 0) is 0 Å². The molecule has 0 spiro atoms. The van der Waals surface area contributed by atoms with Gasteiger partial charge in [0.2, 0.25) is 0 Å². The molecule has 4 aromatic rings. The van der Waals surface area contributed by atoms with Gasteiger partial charge < -0.3 is 14.8 Å². The zero-order chi connectivity index (χ0) is 19.5. The van der Waals surface area contributed by atoms with Crippen LogP contribution in [0.2, 0.25) is 0 Å². The van der Waals surface area contributed by atoms with Crippen molar-refractivity contribution in [1.29, 1.82) is 0 Å². The number of hydrogen-bond acceptors (Lipinski definition) is 5. The minimum Gasteiger partial charge on any atom is -0.493 e. The number of halogens is 1. The van der Waals surface area contributed by atoms with Gasteiger partial charge in [0.15, 0.2) is 17.3 Å². The van der Waals surface area contributed by atoms with Gasteiger partial charge in [-0.15, -0.1) is 0 Å². The Kier molecular flexibility index (Phi) is 4.76. The van der Waals surface area contributed by atoms with Crippen LogP contribution < -0.4 is 14.8 Å². The standard InChI is InChI=1S/C22H18FN3O2/c1-27-19-12-11-16(13-20(19)28-2)24-22-17-5-3-4-6-18(17)25-21(26-22)14-7-9-15(23)10-8-14/h3-13H,1-2H3,(H,24,25,26). The number of nitrogens with zero attached hydrogens (tertiary/aromatic N) is 2. The molecule has 1 aromatic heterocycles. The maximum Gasteiger partial charge on any atom is 0.162 e. The fraction of sp³-hybridized carbons (Fsp3) is 0.0909. The predicted octanol–water partition coefficient (Wildman–Crippen LogP) is 5.20. The van der Waals surface area contributed by atoms with E-state index in [0.717, 1.165) is 22.2 Å². The van der Waals surface area contributed by atoms with Gasteiger partial charge in [0.05, 0.1) is 19.7 Å². The van der Waals surface area contributed by atoms with Gasteiger partial charge in [-0.3, -0.25) is 0 Å². The number of para-hydroxylation sites is 1. The summed E-state index contributed by atoms with van der Waals surface area (Å²) in [7, 11) is 3.19. The molecule has 0 bridgehead atoms. The number of aromatic nitrogens is 2. The van der Waals surface area contributed by atoms with E-state index in [1.807, 2.05) is 42.5 Å². The van der Waals surface area contributed by atoms with Gasteiger partial charge in [0.25, 0.3) is 0 Å². The van der Waals surface area contributed by atoms with E-state index in [1.54, 1.807) is 26.4 Å². The van der Waals surface area contributed by atoms with E-state index in [-0.39, 0.29) is 5.82 Å². The van der Waals surface area contributed by atoms with Gasteiger partial charge in [0.1, 0.15) is 11.6 Å². The number of hydrogen-bond donors (Lipinski definition) is 1. The number of nitrogens with one attached hydrogen (secondary N) is 1. The molecule has 0 aliphatic rings. The Labute approximate surface area is 161 Å². The molecule has 1 N–H and O–H groups in total. The van der Waals surface area contributed by atoms with Crippen molar-refractivity contribution in [3.05, 3.63) is 72.5 Å². The normalized spacial score (nSPS) is 10.7. The average Bonchev–Trinajstić information content (AvgIpc) is 2.74. The third-order valence-electron chi connectivity index (χ3n) is 4.35. The van der Waals surface area contributed by atoms with Crippen molar-refractivity contribution in [3.8, 4) is 22.9 Å². The molecule has 3 aromatic carbocycles. The summed E-state index contributed by atoms with van der Waals surface area (Å²) in [5.41, 5.74) is 2.33. The Morgan fingerprint density at radius 3 is 2.32 bits per heavy atom. The molecule has 0 unspecified atom stereocenters. The van der Waals surface area contributed by atoms with Crippen LogP contribution in [0.25, 0.3) is 22.3 Å². The van der Waals surface area contributed by atoms with E-state index in [9.17, 15) is 4.39 Å². The van der Waals surface area contributed by atoms with Crippen molar-refractivity contribution < 1.29 is 13.9 Å². The maximum absolute atomic E-state index is 13.3. The van der Waals surface area contributed by atoms with Crippen molar-refractivity contribution in [2.45, 2.75) is 0 Å². The SMILES string of the molecule is COc1ccc(Nc2nc(-c3ccc(F)cc3)nc3ccccc23)cc1OC. The lowest BCUT2D eigenvalue weighted by molar-refractivity contribution is 0.355. The molecule has 140 valence electrons. The number of fused-ring (bicyclic) bond motifs is 1. The zero-order valence-corrected chi connectivity index (χ0v) is 15.4. The van der Waals surface area contributed by atoms with Crippen LogP contribution in [0.4, 0.5) is 15.9 Å². The highest BCUT2D eigenvalue weighted by Crippen LogP contribution is 2.33. The lowest BCUT2D eigenvalue weighted by Gasteiger charge is -2.13. The first-order chi connectivity index (χ1) is 13.7. The molecular weight excluding hydrogens is 357 g/mol. The first-order valence-electron chi connectivity index (χ1n) is 8.69. The Bertz CT molecular complexity index is 1130. The molecule has 0 aliphatic carbocycles. The fourth-order valence-corrected chi connectivity index (χ4v) is 2.95. The quantitative estimate of drug-likeness (QED) is 0.520. The van der Waals surface area contributed by atoms with Crippen molar-refractivity contribution in [1.82, 2.24) is 9.97 Å². The predicted molar refractivity (Wildman–Crippen MR) is 108 cm³/mol. The molecule has 1 heterocycles. The molecule has 0 saturated heterocycles. The minimum atomic E-state index is -0.298. The van der Waals surface area contributed by atoms with Crippen molar-refractivity contribution >= 4 is 22.4 Å². The number of benzene rings is 3. The third-order valence-corrected chi connectivity index (χ3v) is 4.35. The van der Waals surface area contributed by atoms with Crippen LogP contribution in [0.15, 0.2) is 66.7 Å². The molecule has 0 saturated carbocycles. The lowest BCUT2D eigenvalue weighted by Crippen LogP contribution is -2.00. The zero-order valence-electron chi connectivity index (χ0n) is 15.4. The van der Waals surface area contributed by atoms with Crippen LogP contribution in [0.5, 0.6) is 11.5 Å². The molecule has 4 rings (SSSR count). The number of ether oxygens (including phenoxy) is 2. The van der Waals surface area contributed by atoms with E-state index in [1.165, 1.54) is 12.1 Å². The molecule has 0 fully saturated rings. The molecule has 0 radical (unpaired) electrons. The largest absolute Gasteiger partial charge is 0.493 e. The topological polar surface area (TPSA) is 56.3 Å². The Hall–Kier alpha value is -3.67. The Morgan fingerprint density at radius 1 is 0.821 bits per heavy atom. The van der Waals surface area contributed by atoms with Crippen LogP contribution >= 0.6 is 0 Å². The summed E-state index contributed by atoms with van der Waals surface area (Å²) in [5.74, 6) is 2.13. The van der Waals surface area contributed by atoms with Crippen molar-refractivity contribution in [3.63, 3.8) is 0 Å². The van der Waals surface area contributed by atoms with E-state index < -0.39 is 0 Å². The lowest BCUT2D eigenvalue weighted by atomic mass is 10.1. The van der Waals surface area contributed by atoms with E-state index in [4.69, 9.17) is 9.47 Å². The number of methoxy groups -OCH3 is 2. The van der Waals surface area contributed by atoms with Gasteiger partial charge in [-0.2, -0.15) is 0 Å². The molecule has 28 heavy (non-hydrogen) atoms. The molecule has 0 amide bonds. The maximum atomic E-state index is 13.3. The van der Waals surface area contributed by atoms with Gasteiger partial charge >= 0.3 is 0 Å². The molecular formula is C22H18FN3O2. The van der Waals surface area contributed by atoms with Crippen LogP contribution in [0.1, 0.15) is 0 Å². The van der Waals surface area contributed by atoms with Crippen molar-refractivity contribution in [2.24, 2.45) is 0 Å². The first kappa shape index (κ1) is 17.7. The van der Waals surface area contributed by atoms with Gasteiger partial charge in [-0.05, 0) is 48.5 Å². The summed E-state index contributed by atoms with van der Waals surface area (Å²) in [6, 6.07) is 19.4. The monoisotopic (exact) mass is 375 g/mol. The highest BCUT2D eigenvalue weighted by molar-refractivity contribution is 5.92. The summed E-state index contributed by atoms with van der Waals surface area (Å²) >= 11 is 0. The highest BCUT2D eigenvalue weighted by atomic mass is 19.1. The number of rotatable bonds is 5. The summed E-state index contributed by atoms with van der Waals surface area (Å²) in [4.78, 5) is 9.30. The average molecular weight is 375 g/mol. The Morgan fingerprint density at radius 2 is 1.57 bits per heavy atom. The summed E-state index contributed by atoms with van der Waals surface area (Å²) < 4.78 is 23.9. The number of anilines is 2. The molecule has 6 heteroatoms. The summed E-state index contributed by atoms with van der Waals surface area (Å²) in [6.45, 7) is 0. The molecule has 5 nitrogen and oxygen atoms in total. The second-order valence-corrected chi connectivity index (χ2v) is 6.11. The minimum absolute atomic E-state index is 0.298. The van der Waals surface area contributed by atoms with E-state index in [2.05, 4.69) is 15.3 Å². The highest BCUT2D eigenvalue weighted by Gasteiger charge is 2.11. The van der Waals surface area contributed by atoms with Gasteiger partial charge in [0, 0.05) is 22.7 Å². The van der Waals surface area contributed by atoms with E-state index >= 15 is 0 Å². The van der Waals surface area contributed by atoms with Gasteiger partial charge in [-0.1, -0.05) is 12.1 Å². The summed E-state index contributed by atoms with van der Waals surface area (Å²) in [5, 5.41) is 4.21. The smallest absolute Gasteiger partial charge is 0.162 e. The fourth-order valence-electron chi connectivity index (χ4n) is 2.95. The van der Waals surface area contributed by atoms with E-state index in [0.29, 0.717) is 23.1 Å². The Balaban J connectivity index is 1.80. The third kappa shape index (κ3) is 3.44. The second kappa shape index (κ2) is 7.52.